The molecular weight excluding hydrogens is 434 g/mol. The van der Waals surface area contributed by atoms with E-state index in [1.807, 2.05) is 29.2 Å². The number of nitrogens with zero attached hydrogens (tertiary/aromatic N) is 4. The Morgan fingerprint density at radius 2 is 1.85 bits per heavy atom. The number of amides is 1. The van der Waals surface area contributed by atoms with Gasteiger partial charge in [-0.15, -0.1) is 0 Å². The quantitative estimate of drug-likeness (QED) is 0.594. The summed E-state index contributed by atoms with van der Waals surface area (Å²) in [5.41, 5.74) is 4.58. The van der Waals surface area contributed by atoms with E-state index in [1.165, 1.54) is 21.4 Å². The number of aromatic nitrogens is 2. The molecule has 1 fully saturated rings. The standard InChI is InChI=1S/C25H27N5O2S/c1-16-6-5-9-21(17(16)2)28-12-14-29(15-13-28)22(31)11-10-20-24(32)30-23(26-20)18-7-3-4-8-19(18)27-25(30)33/h3-9,20,26H,10-15H2,1-2H3/t20-/m0/s1. The molecule has 2 aliphatic heterocycles. The molecule has 1 N–H and O–H groups in total. The maximum Gasteiger partial charge on any atom is 0.257 e. The molecule has 0 bridgehead atoms. The average Bonchev–Trinajstić information content (AvgIpc) is 3.16. The number of nitrogens with one attached hydrogen (secondary N) is 1. The maximum atomic E-state index is 13.0. The van der Waals surface area contributed by atoms with Gasteiger partial charge in [0, 0.05) is 43.7 Å². The highest BCUT2D eigenvalue weighted by atomic mass is 32.1. The molecule has 1 aromatic heterocycles. The summed E-state index contributed by atoms with van der Waals surface area (Å²) in [4.78, 5) is 34.5. The summed E-state index contributed by atoms with van der Waals surface area (Å²) in [7, 11) is 0. The first kappa shape index (κ1) is 21.6. The van der Waals surface area contributed by atoms with Crippen LogP contribution in [0.2, 0.25) is 0 Å². The molecular formula is C25H27N5O2S. The zero-order chi connectivity index (χ0) is 23.1. The molecule has 0 radical (unpaired) electrons. The third-order valence-corrected chi connectivity index (χ3v) is 7.09. The lowest BCUT2D eigenvalue weighted by molar-refractivity contribution is -0.131. The number of carbonyl (C=O) groups is 2. The van der Waals surface area contributed by atoms with Crippen molar-refractivity contribution in [3.63, 3.8) is 0 Å². The van der Waals surface area contributed by atoms with E-state index in [1.54, 1.807) is 0 Å². The van der Waals surface area contributed by atoms with Gasteiger partial charge in [0.1, 0.15) is 11.9 Å². The topological polar surface area (TPSA) is 70.5 Å². The fourth-order valence-corrected chi connectivity index (χ4v) is 5.05. The van der Waals surface area contributed by atoms with Crippen LogP contribution in [-0.2, 0) is 4.79 Å². The third kappa shape index (κ3) is 3.88. The van der Waals surface area contributed by atoms with Gasteiger partial charge in [0.05, 0.1) is 5.52 Å². The van der Waals surface area contributed by atoms with E-state index in [0.29, 0.717) is 31.7 Å². The highest BCUT2D eigenvalue weighted by Gasteiger charge is 2.33. The molecule has 0 saturated carbocycles. The van der Waals surface area contributed by atoms with Crippen LogP contribution >= 0.6 is 12.2 Å². The summed E-state index contributed by atoms with van der Waals surface area (Å²) in [5.74, 6) is 0.628. The van der Waals surface area contributed by atoms with Crippen molar-refractivity contribution in [1.82, 2.24) is 14.5 Å². The Balaban J connectivity index is 1.21. The second-order valence-corrected chi connectivity index (χ2v) is 9.12. The first-order chi connectivity index (χ1) is 15.9. The number of rotatable bonds is 4. The van der Waals surface area contributed by atoms with Crippen molar-refractivity contribution >= 4 is 46.4 Å². The van der Waals surface area contributed by atoms with Crippen LogP contribution in [0, 0.1) is 18.6 Å². The molecule has 0 aliphatic carbocycles. The molecule has 1 atom stereocenters. The highest BCUT2D eigenvalue weighted by Crippen LogP contribution is 2.29. The van der Waals surface area contributed by atoms with Crippen LogP contribution in [0.1, 0.15) is 28.8 Å². The van der Waals surface area contributed by atoms with Gasteiger partial charge in [-0.05, 0) is 61.8 Å². The van der Waals surface area contributed by atoms with E-state index >= 15 is 0 Å². The molecule has 0 unspecified atom stereocenters. The van der Waals surface area contributed by atoms with E-state index in [-0.39, 0.29) is 16.6 Å². The van der Waals surface area contributed by atoms with Crippen LogP contribution in [0.25, 0.3) is 10.9 Å². The van der Waals surface area contributed by atoms with E-state index in [0.717, 1.165) is 24.0 Å². The first-order valence-electron chi connectivity index (χ1n) is 11.4. The molecule has 3 heterocycles. The average molecular weight is 462 g/mol. The number of piperazine rings is 1. The molecule has 1 amide bonds. The number of hydrogen-bond acceptors (Lipinski definition) is 6. The Bertz CT molecular complexity index is 1310. The number of carbonyl (C=O) groups excluding carboxylic acids is 2. The van der Waals surface area contributed by atoms with Crippen molar-refractivity contribution in [2.45, 2.75) is 32.7 Å². The third-order valence-electron chi connectivity index (χ3n) is 6.82. The van der Waals surface area contributed by atoms with Crippen molar-refractivity contribution < 1.29 is 9.59 Å². The van der Waals surface area contributed by atoms with Crippen LogP contribution in [0.4, 0.5) is 11.5 Å². The molecule has 170 valence electrons. The fraction of sp³-hybridized carbons (Fsp3) is 0.360. The predicted molar refractivity (Wildman–Crippen MR) is 133 cm³/mol. The molecule has 2 aromatic carbocycles. The van der Waals surface area contributed by atoms with Gasteiger partial charge in [-0.25, -0.2) is 9.55 Å². The first-order valence-corrected chi connectivity index (χ1v) is 11.8. The van der Waals surface area contributed by atoms with Gasteiger partial charge < -0.3 is 15.1 Å². The molecule has 3 aromatic rings. The molecule has 1 saturated heterocycles. The number of para-hydroxylation sites is 1. The molecule has 2 aliphatic rings. The van der Waals surface area contributed by atoms with Crippen molar-refractivity contribution in [1.29, 1.82) is 0 Å². The smallest absolute Gasteiger partial charge is 0.257 e. The van der Waals surface area contributed by atoms with E-state index < -0.39 is 6.04 Å². The largest absolute Gasteiger partial charge is 0.368 e. The van der Waals surface area contributed by atoms with E-state index in [4.69, 9.17) is 12.2 Å². The van der Waals surface area contributed by atoms with Gasteiger partial charge >= 0.3 is 0 Å². The monoisotopic (exact) mass is 461 g/mol. The fourth-order valence-electron chi connectivity index (χ4n) is 4.77. The second kappa shape index (κ2) is 8.59. The van der Waals surface area contributed by atoms with Gasteiger partial charge in [-0.2, -0.15) is 0 Å². The number of fused-ring (bicyclic) bond motifs is 3. The van der Waals surface area contributed by atoms with Gasteiger partial charge in [-0.1, -0.05) is 24.3 Å². The highest BCUT2D eigenvalue weighted by molar-refractivity contribution is 7.71. The van der Waals surface area contributed by atoms with Crippen molar-refractivity contribution in [2.24, 2.45) is 0 Å². The van der Waals surface area contributed by atoms with Crippen molar-refractivity contribution in [3.8, 4) is 0 Å². The van der Waals surface area contributed by atoms with Gasteiger partial charge in [0.15, 0.2) is 0 Å². The SMILES string of the molecule is Cc1cccc(N2CCN(C(=O)CC[C@@H]3Nc4c5ccccc5nc(=S)n4C3=O)CC2)c1C. The summed E-state index contributed by atoms with van der Waals surface area (Å²) in [5, 5.41) is 4.15. The molecule has 0 spiro atoms. The second-order valence-electron chi connectivity index (χ2n) is 8.76. The minimum atomic E-state index is -0.473. The van der Waals surface area contributed by atoms with Crippen LogP contribution < -0.4 is 10.2 Å². The zero-order valence-electron chi connectivity index (χ0n) is 18.9. The summed E-state index contributed by atoms with van der Waals surface area (Å²) < 4.78 is 1.72. The summed E-state index contributed by atoms with van der Waals surface area (Å²) >= 11 is 5.35. The number of anilines is 2. The van der Waals surface area contributed by atoms with Gasteiger partial charge in [-0.3, -0.25) is 9.59 Å². The van der Waals surface area contributed by atoms with Crippen LogP contribution in [0.5, 0.6) is 0 Å². The molecule has 33 heavy (non-hydrogen) atoms. The summed E-state index contributed by atoms with van der Waals surface area (Å²) in [6, 6.07) is 13.5. The summed E-state index contributed by atoms with van der Waals surface area (Å²) in [6.07, 6.45) is 0.749. The van der Waals surface area contributed by atoms with E-state index in [2.05, 4.69) is 47.2 Å². The molecule has 5 rings (SSSR count). The lowest BCUT2D eigenvalue weighted by Crippen LogP contribution is -2.49. The Kier molecular flexibility index (Phi) is 5.62. The Labute approximate surface area is 198 Å². The van der Waals surface area contributed by atoms with Crippen molar-refractivity contribution in [2.75, 3.05) is 36.4 Å². The number of benzene rings is 2. The van der Waals surface area contributed by atoms with E-state index in [9.17, 15) is 9.59 Å². The lowest BCUT2D eigenvalue weighted by atomic mass is 10.1. The minimum Gasteiger partial charge on any atom is -0.368 e. The minimum absolute atomic E-state index is 0.0905. The number of hydrogen-bond donors (Lipinski definition) is 1. The van der Waals surface area contributed by atoms with Crippen LogP contribution in [0.15, 0.2) is 42.5 Å². The molecule has 7 nitrogen and oxygen atoms in total. The Morgan fingerprint density at radius 1 is 1.09 bits per heavy atom. The Morgan fingerprint density at radius 3 is 2.64 bits per heavy atom. The van der Waals surface area contributed by atoms with Crippen LogP contribution in [0.3, 0.4) is 0 Å². The normalized spacial score (nSPS) is 17.9. The zero-order valence-corrected chi connectivity index (χ0v) is 19.7. The number of aryl methyl sites for hydroxylation is 1. The summed E-state index contributed by atoms with van der Waals surface area (Å²) in [6.45, 7) is 7.29. The maximum absolute atomic E-state index is 13.0. The molecule has 8 heteroatoms. The Hall–Kier alpha value is -3.26. The van der Waals surface area contributed by atoms with Gasteiger partial charge in [0.25, 0.3) is 5.91 Å². The van der Waals surface area contributed by atoms with Crippen molar-refractivity contribution in [3.05, 3.63) is 58.4 Å². The lowest BCUT2D eigenvalue weighted by Gasteiger charge is -2.37. The van der Waals surface area contributed by atoms with Gasteiger partial charge in [0.2, 0.25) is 10.7 Å². The predicted octanol–water partition coefficient (Wildman–Crippen LogP) is 3.95. The van der Waals surface area contributed by atoms with Crippen LogP contribution in [-0.4, -0.2) is 58.5 Å².